The van der Waals surface area contributed by atoms with Crippen LogP contribution in [0.4, 0.5) is 15.8 Å². The van der Waals surface area contributed by atoms with E-state index >= 15 is 0 Å². The van der Waals surface area contributed by atoms with Gasteiger partial charge in [-0.05, 0) is 62.2 Å². The van der Waals surface area contributed by atoms with E-state index in [2.05, 4.69) is 5.32 Å². The van der Waals surface area contributed by atoms with Gasteiger partial charge in [-0.2, -0.15) is 0 Å². The zero-order valence-electron chi connectivity index (χ0n) is 12.4. The number of carbonyl (C=O) groups is 1. The second kappa shape index (κ2) is 5.56. The maximum absolute atomic E-state index is 13.2. The van der Waals surface area contributed by atoms with E-state index in [0.29, 0.717) is 16.9 Å². The van der Waals surface area contributed by atoms with Crippen LogP contribution in [0.1, 0.15) is 25.0 Å². The highest BCUT2D eigenvalue weighted by atomic mass is 19.1. The molecule has 2 aromatic rings. The van der Waals surface area contributed by atoms with Crippen molar-refractivity contribution in [2.75, 3.05) is 11.1 Å². The number of hydrogen-bond donors (Lipinski definition) is 2. The van der Waals surface area contributed by atoms with Crippen molar-refractivity contribution in [2.45, 2.75) is 26.2 Å². The van der Waals surface area contributed by atoms with Crippen molar-refractivity contribution < 1.29 is 9.18 Å². The summed E-state index contributed by atoms with van der Waals surface area (Å²) in [5.41, 5.74) is 7.56. The second-order valence-corrected chi connectivity index (χ2v) is 5.67. The van der Waals surface area contributed by atoms with Crippen molar-refractivity contribution in [3.8, 4) is 0 Å². The minimum absolute atomic E-state index is 0.154. The van der Waals surface area contributed by atoms with Crippen molar-refractivity contribution in [2.24, 2.45) is 0 Å². The van der Waals surface area contributed by atoms with E-state index in [1.807, 2.05) is 26.0 Å². The summed E-state index contributed by atoms with van der Waals surface area (Å²) in [6, 6.07) is 11.7. The number of nitrogens with one attached hydrogen (secondary N) is 1. The molecule has 3 nitrogen and oxygen atoms in total. The Bertz CT molecular complexity index is 663. The molecule has 4 heteroatoms. The molecule has 0 saturated carbocycles. The highest BCUT2D eigenvalue weighted by Gasteiger charge is 2.29. The topological polar surface area (TPSA) is 55.1 Å². The SMILES string of the molecule is Cc1cc(NC(=O)C(C)(C)c2ccc(N)cc2)ccc1F. The van der Waals surface area contributed by atoms with Gasteiger partial charge in [0.15, 0.2) is 0 Å². The summed E-state index contributed by atoms with van der Waals surface area (Å²) in [7, 11) is 0. The predicted octanol–water partition coefficient (Wildman–Crippen LogP) is 3.63. The molecule has 0 aromatic heterocycles. The van der Waals surface area contributed by atoms with Gasteiger partial charge in [-0.3, -0.25) is 4.79 Å². The van der Waals surface area contributed by atoms with Gasteiger partial charge in [0.1, 0.15) is 5.82 Å². The minimum Gasteiger partial charge on any atom is -0.399 e. The molecule has 0 aliphatic rings. The molecule has 110 valence electrons. The zero-order valence-corrected chi connectivity index (χ0v) is 12.4. The van der Waals surface area contributed by atoms with Crippen LogP contribution in [0, 0.1) is 12.7 Å². The second-order valence-electron chi connectivity index (χ2n) is 5.67. The third-order valence-electron chi connectivity index (χ3n) is 3.62. The van der Waals surface area contributed by atoms with Gasteiger partial charge in [0, 0.05) is 11.4 Å². The van der Waals surface area contributed by atoms with E-state index in [9.17, 15) is 9.18 Å². The molecule has 0 aliphatic heterocycles. The largest absolute Gasteiger partial charge is 0.399 e. The number of nitrogen functional groups attached to an aromatic ring is 1. The van der Waals surface area contributed by atoms with Crippen LogP contribution >= 0.6 is 0 Å². The van der Waals surface area contributed by atoms with E-state index in [1.165, 1.54) is 6.07 Å². The van der Waals surface area contributed by atoms with Gasteiger partial charge in [0.05, 0.1) is 5.41 Å². The molecule has 0 atom stereocenters. The first kappa shape index (κ1) is 15.0. The molecule has 3 N–H and O–H groups in total. The third-order valence-corrected chi connectivity index (χ3v) is 3.62. The lowest BCUT2D eigenvalue weighted by atomic mass is 9.83. The number of anilines is 2. The van der Waals surface area contributed by atoms with Crippen LogP contribution in [0.2, 0.25) is 0 Å². The van der Waals surface area contributed by atoms with Crippen molar-refractivity contribution in [3.05, 3.63) is 59.4 Å². The molecule has 2 aromatic carbocycles. The third kappa shape index (κ3) is 3.21. The van der Waals surface area contributed by atoms with Crippen LogP contribution in [0.15, 0.2) is 42.5 Å². The first-order valence-corrected chi connectivity index (χ1v) is 6.74. The number of aryl methyl sites for hydroxylation is 1. The van der Waals surface area contributed by atoms with Crippen molar-refractivity contribution in [1.82, 2.24) is 0 Å². The fraction of sp³-hybridized carbons (Fsp3) is 0.235. The van der Waals surface area contributed by atoms with Gasteiger partial charge in [-0.25, -0.2) is 4.39 Å². The van der Waals surface area contributed by atoms with Crippen molar-refractivity contribution in [1.29, 1.82) is 0 Å². The fourth-order valence-electron chi connectivity index (χ4n) is 2.04. The van der Waals surface area contributed by atoms with Crippen LogP contribution < -0.4 is 11.1 Å². The Balaban J connectivity index is 2.21. The maximum atomic E-state index is 13.2. The lowest BCUT2D eigenvalue weighted by Gasteiger charge is -2.24. The Morgan fingerprint density at radius 2 is 1.76 bits per heavy atom. The van der Waals surface area contributed by atoms with Gasteiger partial charge in [0.2, 0.25) is 5.91 Å². The number of rotatable bonds is 3. The average molecular weight is 286 g/mol. The Labute approximate surface area is 124 Å². The van der Waals surface area contributed by atoms with Crippen molar-refractivity contribution >= 4 is 17.3 Å². The summed E-state index contributed by atoms with van der Waals surface area (Å²) in [6.45, 7) is 5.34. The number of benzene rings is 2. The summed E-state index contributed by atoms with van der Waals surface area (Å²) in [5, 5.41) is 2.83. The minimum atomic E-state index is -0.712. The van der Waals surface area contributed by atoms with Gasteiger partial charge in [-0.1, -0.05) is 12.1 Å². The van der Waals surface area contributed by atoms with E-state index in [0.717, 1.165) is 5.56 Å². The van der Waals surface area contributed by atoms with E-state index in [4.69, 9.17) is 5.73 Å². The smallest absolute Gasteiger partial charge is 0.234 e. The molecule has 0 spiro atoms. The first-order chi connectivity index (χ1) is 9.80. The molecule has 0 fully saturated rings. The molecular formula is C17H19FN2O. The first-order valence-electron chi connectivity index (χ1n) is 6.74. The Hall–Kier alpha value is -2.36. The summed E-state index contributed by atoms with van der Waals surface area (Å²) < 4.78 is 13.2. The number of halogens is 1. The summed E-state index contributed by atoms with van der Waals surface area (Å²) >= 11 is 0. The van der Waals surface area contributed by atoms with Crippen LogP contribution in [-0.2, 0) is 10.2 Å². The number of amides is 1. The summed E-state index contributed by atoms with van der Waals surface area (Å²) in [6.07, 6.45) is 0. The van der Waals surface area contributed by atoms with Gasteiger partial charge in [-0.15, -0.1) is 0 Å². The molecule has 0 aliphatic carbocycles. The Morgan fingerprint density at radius 1 is 1.14 bits per heavy atom. The van der Waals surface area contributed by atoms with Crippen LogP contribution in [0.5, 0.6) is 0 Å². The van der Waals surface area contributed by atoms with Crippen LogP contribution in [0.25, 0.3) is 0 Å². The quantitative estimate of drug-likeness (QED) is 0.846. The Kier molecular flexibility index (Phi) is 3.98. The predicted molar refractivity (Wildman–Crippen MR) is 83.6 cm³/mol. The monoisotopic (exact) mass is 286 g/mol. The molecule has 2 rings (SSSR count). The van der Waals surface area contributed by atoms with Gasteiger partial charge in [0.25, 0.3) is 0 Å². The highest BCUT2D eigenvalue weighted by molar-refractivity contribution is 5.98. The van der Waals surface area contributed by atoms with Crippen molar-refractivity contribution in [3.63, 3.8) is 0 Å². The van der Waals surface area contributed by atoms with E-state index in [1.54, 1.807) is 31.2 Å². The molecule has 21 heavy (non-hydrogen) atoms. The highest BCUT2D eigenvalue weighted by Crippen LogP contribution is 2.26. The van der Waals surface area contributed by atoms with Crippen LogP contribution in [0.3, 0.4) is 0 Å². The van der Waals surface area contributed by atoms with E-state index < -0.39 is 5.41 Å². The normalized spacial score (nSPS) is 11.2. The molecule has 0 heterocycles. The molecule has 0 bridgehead atoms. The lowest BCUT2D eigenvalue weighted by Crippen LogP contribution is -2.34. The standard InChI is InChI=1S/C17H19FN2O/c1-11-10-14(8-9-15(11)18)20-16(21)17(2,3)12-4-6-13(19)7-5-12/h4-10H,19H2,1-3H3,(H,20,21). The number of nitrogens with two attached hydrogens (primary N) is 1. The Morgan fingerprint density at radius 3 is 2.33 bits per heavy atom. The van der Waals surface area contributed by atoms with E-state index in [-0.39, 0.29) is 11.7 Å². The summed E-state index contributed by atoms with van der Waals surface area (Å²) in [4.78, 5) is 12.5. The van der Waals surface area contributed by atoms with Crippen LogP contribution in [-0.4, -0.2) is 5.91 Å². The number of hydrogen-bond acceptors (Lipinski definition) is 2. The maximum Gasteiger partial charge on any atom is 0.234 e. The molecular weight excluding hydrogens is 267 g/mol. The molecule has 0 radical (unpaired) electrons. The molecule has 1 amide bonds. The zero-order chi connectivity index (χ0) is 15.6. The number of carbonyl (C=O) groups excluding carboxylic acids is 1. The fourth-order valence-corrected chi connectivity index (χ4v) is 2.04. The average Bonchev–Trinajstić information content (AvgIpc) is 2.43. The van der Waals surface area contributed by atoms with Gasteiger partial charge >= 0.3 is 0 Å². The lowest BCUT2D eigenvalue weighted by molar-refractivity contribution is -0.120. The molecule has 0 saturated heterocycles. The molecule has 0 unspecified atom stereocenters. The van der Waals surface area contributed by atoms with Gasteiger partial charge < -0.3 is 11.1 Å². The summed E-state index contributed by atoms with van der Waals surface area (Å²) in [5.74, 6) is -0.441.